The number of fused-ring (bicyclic) bond motifs is 6. The van der Waals surface area contributed by atoms with Crippen molar-refractivity contribution in [3.63, 3.8) is 0 Å². The van der Waals surface area contributed by atoms with E-state index in [1.54, 1.807) is 0 Å². The van der Waals surface area contributed by atoms with Gasteiger partial charge in [0.15, 0.2) is 0 Å². The second-order valence-electron chi connectivity index (χ2n) is 14.3. The average molecular weight is 628 g/mol. The molecule has 0 radical (unpaired) electrons. The highest BCUT2D eigenvalue weighted by Crippen LogP contribution is 2.51. The molecular weight excluding hydrogens is 591 g/mol. The minimum absolute atomic E-state index is 0.148. The van der Waals surface area contributed by atoms with Crippen molar-refractivity contribution in [2.75, 3.05) is 4.90 Å². The molecule has 0 heterocycles. The first-order chi connectivity index (χ1) is 23.9. The molecule has 0 atom stereocenters. The Balaban J connectivity index is 1.12. The van der Waals surface area contributed by atoms with E-state index in [9.17, 15) is 0 Å². The molecular formula is C48H37N. The monoisotopic (exact) mass is 627 g/mol. The van der Waals surface area contributed by atoms with Gasteiger partial charge in [0.2, 0.25) is 0 Å². The van der Waals surface area contributed by atoms with Crippen LogP contribution in [0.4, 0.5) is 17.1 Å². The average Bonchev–Trinajstić information content (AvgIpc) is 3.14. The number of benzene rings is 8. The molecule has 1 nitrogen and oxygen atoms in total. The van der Waals surface area contributed by atoms with Crippen molar-refractivity contribution in [1.29, 1.82) is 0 Å². The number of hydrogen-bond donors (Lipinski definition) is 0. The van der Waals surface area contributed by atoms with Gasteiger partial charge in [-0.3, -0.25) is 0 Å². The summed E-state index contributed by atoms with van der Waals surface area (Å²) >= 11 is 0. The van der Waals surface area contributed by atoms with Crippen LogP contribution in [0.5, 0.6) is 0 Å². The van der Waals surface area contributed by atoms with E-state index in [1.165, 1.54) is 71.6 Å². The fourth-order valence-corrected chi connectivity index (χ4v) is 7.43. The van der Waals surface area contributed by atoms with Gasteiger partial charge in [-0.1, -0.05) is 130 Å². The normalized spacial score (nSPS) is 12.0. The molecule has 0 fully saturated rings. The van der Waals surface area contributed by atoms with Crippen LogP contribution >= 0.6 is 0 Å². The first-order valence-electron chi connectivity index (χ1n) is 17.2. The number of nitrogens with zero attached hydrogens (tertiary/aromatic N) is 1. The number of para-hydroxylation sites is 2. The Kier molecular flexibility index (Phi) is 6.78. The smallest absolute Gasteiger partial charge is 0.0540 e. The van der Waals surface area contributed by atoms with E-state index in [-0.39, 0.29) is 5.41 Å². The summed E-state index contributed by atoms with van der Waals surface area (Å²) in [6.07, 6.45) is 0. The fraction of sp³-hybridized carbons (Fsp3) is 0.0833. The maximum absolute atomic E-state index is 2.39. The summed E-state index contributed by atoms with van der Waals surface area (Å²) in [7, 11) is 0. The van der Waals surface area contributed by atoms with Crippen LogP contribution in [0.2, 0.25) is 0 Å². The zero-order valence-corrected chi connectivity index (χ0v) is 28.1. The van der Waals surface area contributed by atoms with E-state index < -0.39 is 0 Å². The summed E-state index contributed by atoms with van der Waals surface area (Å²) in [6, 6.07) is 62.5. The van der Waals surface area contributed by atoms with Crippen molar-refractivity contribution >= 4 is 38.6 Å². The molecule has 8 aromatic rings. The second kappa shape index (κ2) is 11.4. The Bertz CT molecular complexity index is 2500. The summed E-state index contributed by atoms with van der Waals surface area (Å²) in [5.74, 6) is 0. The summed E-state index contributed by atoms with van der Waals surface area (Å²) in [5, 5.41) is 5.06. The van der Waals surface area contributed by atoms with E-state index in [2.05, 4.69) is 196 Å². The van der Waals surface area contributed by atoms with Crippen molar-refractivity contribution in [3.8, 4) is 44.5 Å². The summed E-state index contributed by atoms with van der Waals surface area (Å²) in [6.45, 7) is 6.80. The predicted octanol–water partition coefficient (Wildman–Crippen LogP) is 13.7. The van der Waals surface area contributed by atoms with Crippen LogP contribution in [-0.4, -0.2) is 0 Å². The van der Waals surface area contributed by atoms with Gasteiger partial charge in [-0.05, 0) is 132 Å². The van der Waals surface area contributed by atoms with E-state index in [4.69, 9.17) is 0 Å². The third-order valence-electron chi connectivity index (χ3n) is 10.1. The molecule has 0 amide bonds. The summed E-state index contributed by atoms with van der Waals surface area (Å²) in [4.78, 5) is 2.39. The molecule has 0 saturated heterocycles. The largest absolute Gasteiger partial charge is 0.310 e. The zero-order valence-electron chi connectivity index (χ0n) is 28.1. The number of hydrogen-bond acceptors (Lipinski definition) is 1. The van der Waals surface area contributed by atoms with Crippen LogP contribution in [0, 0.1) is 0 Å². The Morgan fingerprint density at radius 2 is 0.878 bits per heavy atom. The maximum Gasteiger partial charge on any atom is 0.0540 e. The Hall–Kier alpha value is -5.92. The van der Waals surface area contributed by atoms with E-state index >= 15 is 0 Å². The molecule has 0 N–H and O–H groups in total. The third-order valence-corrected chi connectivity index (χ3v) is 10.1. The van der Waals surface area contributed by atoms with Gasteiger partial charge in [0.1, 0.15) is 0 Å². The molecule has 0 aromatic heterocycles. The standard InChI is InChI=1S/C48H37N/c1-48(2,3)39-23-20-32(21-24-39)34-18-19-35-28-43-44-29-36-22-25-41(27-38(36)31-46(44)45(43)30-37(35)26-34)49(40-14-8-5-9-15-40)47-17-11-10-16-42(47)33-12-6-4-7-13-33/h4-31H,1-3H3. The maximum atomic E-state index is 2.39. The highest BCUT2D eigenvalue weighted by atomic mass is 15.1. The lowest BCUT2D eigenvalue weighted by Crippen LogP contribution is -2.11. The molecule has 1 heteroatoms. The van der Waals surface area contributed by atoms with Crippen LogP contribution in [0.3, 0.4) is 0 Å². The number of rotatable bonds is 5. The first-order valence-corrected chi connectivity index (χ1v) is 17.2. The molecule has 0 saturated carbocycles. The van der Waals surface area contributed by atoms with Gasteiger partial charge < -0.3 is 4.90 Å². The van der Waals surface area contributed by atoms with E-state index in [1.807, 2.05) is 0 Å². The highest BCUT2D eigenvalue weighted by Gasteiger charge is 2.25. The number of anilines is 3. The van der Waals surface area contributed by atoms with Gasteiger partial charge in [-0.2, -0.15) is 0 Å². The minimum atomic E-state index is 0.148. The lowest BCUT2D eigenvalue weighted by molar-refractivity contribution is 0.590. The molecule has 1 aliphatic rings. The zero-order chi connectivity index (χ0) is 33.1. The molecule has 0 unspecified atom stereocenters. The van der Waals surface area contributed by atoms with Gasteiger partial charge in [0, 0.05) is 16.9 Å². The molecule has 1 aliphatic carbocycles. The quantitative estimate of drug-likeness (QED) is 0.183. The summed E-state index contributed by atoms with van der Waals surface area (Å²) < 4.78 is 0. The van der Waals surface area contributed by atoms with Gasteiger partial charge in [0.25, 0.3) is 0 Å². The molecule has 49 heavy (non-hydrogen) atoms. The Labute approximate surface area is 288 Å². The topological polar surface area (TPSA) is 3.24 Å². The molecule has 9 rings (SSSR count). The van der Waals surface area contributed by atoms with Crippen LogP contribution in [0.1, 0.15) is 26.3 Å². The van der Waals surface area contributed by atoms with Gasteiger partial charge in [-0.25, -0.2) is 0 Å². The third kappa shape index (κ3) is 5.10. The molecule has 8 aromatic carbocycles. The van der Waals surface area contributed by atoms with Crippen molar-refractivity contribution in [2.24, 2.45) is 0 Å². The minimum Gasteiger partial charge on any atom is -0.310 e. The van der Waals surface area contributed by atoms with Crippen molar-refractivity contribution < 1.29 is 0 Å². The van der Waals surface area contributed by atoms with E-state index in [0.29, 0.717) is 0 Å². The van der Waals surface area contributed by atoms with Crippen molar-refractivity contribution in [3.05, 3.63) is 175 Å². The highest BCUT2D eigenvalue weighted by molar-refractivity contribution is 6.12. The first kappa shape index (κ1) is 29.2. The predicted molar refractivity (Wildman–Crippen MR) is 210 cm³/mol. The molecule has 0 aliphatic heterocycles. The van der Waals surface area contributed by atoms with Crippen molar-refractivity contribution in [2.45, 2.75) is 26.2 Å². The molecule has 234 valence electrons. The van der Waals surface area contributed by atoms with Crippen LogP contribution in [0.15, 0.2) is 170 Å². The van der Waals surface area contributed by atoms with Gasteiger partial charge in [0.05, 0.1) is 5.69 Å². The Morgan fingerprint density at radius 1 is 0.347 bits per heavy atom. The molecule has 0 bridgehead atoms. The lowest BCUT2D eigenvalue weighted by atomic mass is 9.77. The Morgan fingerprint density at radius 3 is 1.53 bits per heavy atom. The fourth-order valence-electron chi connectivity index (χ4n) is 7.43. The van der Waals surface area contributed by atoms with Crippen LogP contribution in [0.25, 0.3) is 66.1 Å². The van der Waals surface area contributed by atoms with Crippen LogP contribution < -0.4 is 4.90 Å². The SMILES string of the molecule is CC(C)(C)c1ccc(-c2ccc3cc4c(cc3c2)-c2cc3cc(N(c5ccccc5)c5ccccc5-c5ccccc5)ccc3cc2-4)cc1. The summed E-state index contributed by atoms with van der Waals surface area (Å²) in [5.41, 5.74) is 15.2. The van der Waals surface area contributed by atoms with Crippen LogP contribution in [-0.2, 0) is 5.41 Å². The lowest BCUT2D eigenvalue weighted by Gasteiger charge is -2.29. The van der Waals surface area contributed by atoms with E-state index in [0.717, 1.165) is 17.1 Å². The van der Waals surface area contributed by atoms with Gasteiger partial charge in [-0.15, -0.1) is 0 Å². The van der Waals surface area contributed by atoms with Gasteiger partial charge >= 0.3 is 0 Å². The second-order valence-corrected chi connectivity index (χ2v) is 14.3. The van der Waals surface area contributed by atoms with Crippen molar-refractivity contribution in [1.82, 2.24) is 0 Å². The molecule has 0 spiro atoms.